The first-order valence-corrected chi connectivity index (χ1v) is 7.24. The Balaban J connectivity index is 2.95. The molecule has 96 valence electrons. The van der Waals surface area contributed by atoms with E-state index < -0.39 is 15.7 Å². The maximum atomic E-state index is 12.4. The molecule has 1 saturated heterocycles. The van der Waals surface area contributed by atoms with Crippen molar-refractivity contribution in [3.8, 4) is 0 Å². The van der Waals surface area contributed by atoms with Gasteiger partial charge in [0.05, 0.1) is 0 Å². The van der Waals surface area contributed by atoms with Gasteiger partial charge in [-0.1, -0.05) is 6.92 Å². The fourth-order valence-corrected chi connectivity index (χ4v) is 4.09. The first kappa shape index (κ1) is 13.9. The molecule has 2 N–H and O–H groups in total. The van der Waals surface area contributed by atoms with Gasteiger partial charge in [-0.05, 0) is 26.7 Å². The van der Waals surface area contributed by atoms with Crippen LogP contribution in [0.5, 0.6) is 0 Å². The van der Waals surface area contributed by atoms with E-state index >= 15 is 0 Å². The summed E-state index contributed by atoms with van der Waals surface area (Å²) in [5.41, 5.74) is 5.14. The zero-order valence-electron chi connectivity index (χ0n) is 10.4. The maximum absolute atomic E-state index is 12.4. The third kappa shape index (κ3) is 2.56. The van der Waals surface area contributed by atoms with Crippen molar-refractivity contribution >= 4 is 10.2 Å². The fourth-order valence-electron chi connectivity index (χ4n) is 2.06. The van der Waals surface area contributed by atoms with Gasteiger partial charge < -0.3 is 5.73 Å². The smallest absolute Gasteiger partial charge is 0.282 e. The minimum Gasteiger partial charge on any atom is -0.329 e. The maximum Gasteiger partial charge on any atom is 0.282 e. The van der Waals surface area contributed by atoms with Crippen molar-refractivity contribution in [2.45, 2.75) is 39.2 Å². The van der Waals surface area contributed by atoms with Gasteiger partial charge in [-0.2, -0.15) is 17.0 Å². The van der Waals surface area contributed by atoms with Crippen molar-refractivity contribution in [2.75, 3.05) is 26.2 Å². The van der Waals surface area contributed by atoms with Crippen LogP contribution in [0.3, 0.4) is 0 Å². The highest BCUT2D eigenvalue weighted by molar-refractivity contribution is 7.86. The summed E-state index contributed by atoms with van der Waals surface area (Å²) in [7, 11) is -3.33. The molecular formula is C10H23N3O2S. The van der Waals surface area contributed by atoms with Crippen molar-refractivity contribution in [2.24, 2.45) is 5.73 Å². The van der Waals surface area contributed by atoms with Gasteiger partial charge in [0, 0.05) is 31.7 Å². The second-order valence-corrected chi connectivity index (χ2v) is 6.65. The number of rotatable bonds is 5. The number of likely N-dealkylation sites (N-methyl/N-ethyl adjacent to an activating group) is 1. The zero-order chi connectivity index (χ0) is 12.4. The van der Waals surface area contributed by atoms with Crippen LogP contribution in [0.1, 0.15) is 33.6 Å². The molecular weight excluding hydrogens is 226 g/mol. The van der Waals surface area contributed by atoms with Gasteiger partial charge in [0.2, 0.25) is 0 Å². The van der Waals surface area contributed by atoms with Crippen molar-refractivity contribution in [1.82, 2.24) is 8.61 Å². The summed E-state index contributed by atoms with van der Waals surface area (Å²) in [6.45, 7) is 7.65. The molecule has 0 aromatic heterocycles. The summed E-state index contributed by atoms with van der Waals surface area (Å²) in [6, 6.07) is 0. The van der Waals surface area contributed by atoms with Crippen molar-refractivity contribution in [1.29, 1.82) is 0 Å². The van der Waals surface area contributed by atoms with E-state index in [2.05, 4.69) is 0 Å². The van der Waals surface area contributed by atoms with E-state index in [0.717, 1.165) is 12.8 Å². The largest absolute Gasteiger partial charge is 0.329 e. The molecule has 0 unspecified atom stereocenters. The van der Waals surface area contributed by atoms with Gasteiger partial charge in [0.15, 0.2) is 0 Å². The monoisotopic (exact) mass is 249 g/mol. The number of hydrogen-bond donors (Lipinski definition) is 1. The van der Waals surface area contributed by atoms with Crippen LogP contribution in [0.25, 0.3) is 0 Å². The van der Waals surface area contributed by atoms with Crippen LogP contribution in [0.15, 0.2) is 0 Å². The predicted molar refractivity (Wildman–Crippen MR) is 65.2 cm³/mol. The van der Waals surface area contributed by atoms with Crippen LogP contribution >= 0.6 is 0 Å². The quantitative estimate of drug-likeness (QED) is 0.766. The Morgan fingerprint density at radius 2 is 1.81 bits per heavy atom. The van der Waals surface area contributed by atoms with Gasteiger partial charge in [-0.25, -0.2) is 0 Å². The van der Waals surface area contributed by atoms with Crippen LogP contribution in [-0.2, 0) is 10.2 Å². The molecule has 0 spiro atoms. The Hall–Kier alpha value is -0.170. The molecule has 6 heteroatoms. The highest BCUT2D eigenvalue weighted by Gasteiger charge is 2.38. The minimum atomic E-state index is -3.33. The predicted octanol–water partition coefficient (Wildman–Crippen LogP) is 0.386. The van der Waals surface area contributed by atoms with Crippen LogP contribution in [0.2, 0.25) is 0 Å². The molecule has 0 aliphatic carbocycles. The Bertz CT molecular complexity index is 321. The molecule has 1 aliphatic rings. The molecule has 1 heterocycles. The summed E-state index contributed by atoms with van der Waals surface area (Å²) >= 11 is 0. The highest BCUT2D eigenvalue weighted by Crippen LogP contribution is 2.23. The van der Waals surface area contributed by atoms with Gasteiger partial charge in [-0.3, -0.25) is 0 Å². The Morgan fingerprint density at radius 3 is 2.19 bits per heavy atom. The van der Waals surface area contributed by atoms with Crippen LogP contribution < -0.4 is 5.73 Å². The van der Waals surface area contributed by atoms with Crippen molar-refractivity contribution in [3.05, 3.63) is 0 Å². The lowest BCUT2D eigenvalue weighted by molar-refractivity contribution is 0.227. The van der Waals surface area contributed by atoms with Gasteiger partial charge in [0.1, 0.15) is 0 Å². The van der Waals surface area contributed by atoms with E-state index in [9.17, 15) is 8.42 Å². The molecule has 0 radical (unpaired) electrons. The third-order valence-electron chi connectivity index (χ3n) is 3.13. The molecule has 0 aromatic rings. The minimum absolute atomic E-state index is 0.327. The van der Waals surface area contributed by atoms with E-state index in [-0.39, 0.29) is 0 Å². The van der Waals surface area contributed by atoms with Crippen molar-refractivity contribution in [3.63, 3.8) is 0 Å². The fraction of sp³-hybridized carbons (Fsp3) is 1.00. The highest BCUT2D eigenvalue weighted by atomic mass is 32.2. The summed E-state index contributed by atoms with van der Waals surface area (Å²) in [5, 5.41) is 0. The lowest BCUT2D eigenvalue weighted by Crippen LogP contribution is -2.56. The average molecular weight is 249 g/mol. The third-order valence-corrected chi connectivity index (χ3v) is 5.46. The van der Waals surface area contributed by atoms with Gasteiger partial charge >= 0.3 is 0 Å². The number of nitrogens with zero attached hydrogens (tertiary/aromatic N) is 2. The van der Waals surface area contributed by atoms with Gasteiger partial charge in [-0.15, -0.1) is 0 Å². The number of nitrogens with two attached hydrogens (primary N) is 1. The van der Waals surface area contributed by atoms with Crippen LogP contribution in [0.4, 0.5) is 0 Å². The van der Waals surface area contributed by atoms with E-state index in [1.165, 1.54) is 4.31 Å². The van der Waals surface area contributed by atoms with E-state index in [0.29, 0.717) is 26.2 Å². The SMILES string of the molecule is CCN(C(C)(C)CN)S(=O)(=O)N1CCCC1. The lowest BCUT2D eigenvalue weighted by atomic mass is 10.1. The first-order valence-electron chi connectivity index (χ1n) is 5.84. The number of hydrogen-bond acceptors (Lipinski definition) is 3. The molecule has 5 nitrogen and oxygen atoms in total. The molecule has 0 bridgehead atoms. The van der Waals surface area contributed by atoms with Crippen LogP contribution in [-0.4, -0.2) is 48.7 Å². The van der Waals surface area contributed by atoms with E-state index in [1.54, 1.807) is 4.31 Å². The molecule has 1 fully saturated rings. The topological polar surface area (TPSA) is 66.6 Å². The zero-order valence-corrected chi connectivity index (χ0v) is 11.3. The van der Waals surface area contributed by atoms with Crippen LogP contribution in [0, 0.1) is 0 Å². The van der Waals surface area contributed by atoms with Gasteiger partial charge in [0.25, 0.3) is 10.2 Å². The second kappa shape index (κ2) is 5.00. The molecule has 0 aromatic carbocycles. The summed E-state index contributed by atoms with van der Waals surface area (Å²) < 4.78 is 27.8. The molecule has 1 aliphatic heterocycles. The molecule has 1 rings (SSSR count). The second-order valence-electron chi connectivity index (χ2n) is 4.80. The van der Waals surface area contributed by atoms with Crippen molar-refractivity contribution < 1.29 is 8.42 Å². The van der Waals surface area contributed by atoms with E-state index in [1.807, 2.05) is 20.8 Å². The molecule has 0 saturated carbocycles. The summed E-state index contributed by atoms with van der Waals surface area (Å²) in [5.74, 6) is 0. The molecule has 16 heavy (non-hydrogen) atoms. The Labute approximate surface area is 98.8 Å². The molecule has 0 atom stereocenters. The molecule has 0 amide bonds. The first-order chi connectivity index (χ1) is 7.36. The lowest BCUT2D eigenvalue weighted by Gasteiger charge is -2.38. The Kier molecular flexibility index (Phi) is 4.34. The van der Waals surface area contributed by atoms with E-state index in [4.69, 9.17) is 5.73 Å². The average Bonchev–Trinajstić information content (AvgIpc) is 2.71. The summed E-state index contributed by atoms with van der Waals surface area (Å²) in [4.78, 5) is 0. The summed E-state index contributed by atoms with van der Waals surface area (Å²) in [6.07, 6.45) is 1.92. The standard InChI is InChI=1S/C10H23N3O2S/c1-4-13(10(2,3)9-11)16(14,15)12-7-5-6-8-12/h4-9,11H2,1-3H3. The normalized spacial score (nSPS) is 19.6. The Morgan fingerprint density at radius 1 is 1.31 bits per heavy atom.